The van der Waals surface area contributed by atoms with E-state index in [9.17, 15) is 9.59 Å². The average Bonchev–Trinajstić information content (AvgIpc) is 3.30. The van der Waals surface area contributed by atoms with Crippen LogP contribution < -0.4 is 5.32 Å². The van der Waals surface area contributed by atoms with Gasteiger partial charge in [0.2, 0.25) is 11.8 Å². The van der Waals surface area contributed by atoms with Crippen molar-refractivity contribution < 1.29 is 14.0 Å². The zero-order chi connectivity index (χ0) is 26.4. The van der Waals surface area contributed by atoms with Crippen molar-refractivity contribution in [3.05, 3.63) is 95.8 Å². The van der Waals surface area contributed by atoms with E-state index in [1.807, 2.05) is 75.4 Å². The molecular weight excluding hydrogens is 469 g/mol. The molecule has 0 aliphatic carbocycles. The molecule has 0 saturated carbocycles. The molecule has 4 aromatic rings. The Hall–Kier alpha value is -4.07. The van der Waals surface area contributed by atoms with Gasteiger partial charge in [-0.1, -0.05) is 72.8 Å². The summed E-state index contributed by atoms with van der Waals surface area (Å²) in [5.74, 6) is -1.33. The predicted octanol–water partition coefficient (Wildman–Crippen LogP) is 4.69. The summed E-state index contributed by atoms with van der Waals surface area (Å²) >= 11 is 0. The molecule has 0 radical (unpaired) electrons. The average molecular weight is 502 g/mol. The summed E-state index contributed by atoms with van der Waals surface area (Å²) in [6, 6.07) is 22.0. The molecule has 1 N–H and O–H groups in total. The number of aromatic nitrogens is 3. The van der Waals surface area contributed by atoms with Crippen LogP contribution in [0.1, 0.15) is 44.4 Å². The van der Waals surface area contributed by atoms with Gasteiger partial charge in [-0.3, -0.25) is 9.59 Å². The quantitative estimate of drug-likeness (QED) is 0.342. The number of para-hydroxylation sites is 1. The number of rotatable bonds is 10. The Morgan fingerprint density at radius 3 is 2.41 bits per heavy atom. The number of carbonyl (C=O) groups is 2. The number of fused-ring (bicyclic) bond motifs is 1. The molecule has 1 heterocycles. The van der Waals surface area contributed by atoms with Crippen LogP contribution in [-0.2, 0) is 22.6 Å². The second kappa shape index (κ2) is 11.3. The first-order valence-corrected chi connectivity index (χ1v) is 12.5. The molecule has 1 atom stereocenters. The molecule has 8 heteroatoms. The van der Waals surface area contributed by atoms with Gasteiger partial charge in [0, 0.05) is 17.6 Å². The van der Waals surface area contributed by atoms with Gasteiger partial charge in [-0.25, -0.2) is 9.07 Å². The molecule has 7 nitrogen and oxygen atoms in total. The fourth-order valence-electron chi connectivity index (χ4n) is 4.18. The fourth-order valence-corrected chi connectivity index (χ4v) is 4.18. The van der Waals surface area contributed by atoms with E-state index in [2.05, 4.69) is 15.6 Å². The van der Waals surface area contributed by atoms with E-state index in [1.165, 1.54) is 15.6 Å². The number of carbonyl (C=O) groups excluding carboxylic acids is 2. The van der Waals surface area contributed by atoms with Crippen molar-refractivity contribution in [3.8, 4) is 0 Å². The number of hydrogen-bond acceptors (Lipinski definition) is 4. The highest BCUT2D eigenvalue weighted by Gasteiger charge is 2.35. The Morgan fingerprint density at radius 1 is 1.00 bits per heavy atom. The highest BCUT2D eigenvalue weighted by molar-refractivity contribution is 5.89. The Labute approximate surface area is 216 Å². The van der Waals surface area contributed by atoms with E-state index in [0.29, 0.717) is 23.9 Å². The van der Waals surface area contributed by atoms with E-state index in [-0.39, 0.29) is 24.6 Å². The van der Waals surface area contributed by atoms with Crippen molar-refractivity contribution in [2.45, 2.75) is 51.7 Å². The molecule has 0 bridgehead atoms. The number of hydrogen-bond donors (Lipinski definition) is 1. The van der Waals surface area contributed by atoms with E-state index >= 15 is 4.39 Å². The summed E-state index contributed by atoms with van der Waals surface area (Å²) in [4.78, 5) is 29.1. The maximum absolute atomic E-state index is 15.1. The Bertz CT molecular complexity index is 1370. The first-order chi connectivity index (χ1) is 17.8. The van der Waals surface area contributed by atoms with Crippen LogP contribution in [0.25, 0.3) is 11.0 Å². The topological polar surface area (TPSA) is 80.1 Å². The summed E-state index contributed by atoms with van der Waals surface area (Å²) in [5.41, 5.74) is 2.00. The largest absolute Gasteiger partial charge is 0.349 e. The lowest BCUT2D eigenvalue weighted by molar-refractivity contribution is -0.142. The van der Waals surface area contributed by atoms with Gasteiger partial charge in [-0.05, 0) is 50.5 Å². The summed E-state index contributed by atoms with van der Waals surface area (Å²) in [5, 5.41) is 11.3. The van der Waals surface area contributed by atoms with E-state index in [4.69, 9.17) is 0 Å². The third-order valence-corrected chi connectivity index (χ3v) is 6.62. The van der Waals surface area contributed by atoms with Crippen molar-refractivity contribution in [2.24, 2.45) is 0 Å². The van der Waals surface area contributed by atoms with Gasteiger partial charge in [0.1, 0.15) is 23.9 Å². The number of amides is 2. The minimum absolute atomic E-state index is 0.134. The highest BCUT2D eigenvalue weighted by Crippen LogP contribution is 2.26. The molecule has 4 rings (SSSR count). The van der Waals surface area contributed by atoms with Gasteiger partial charge >= 0.3 is 0 Å². The third kappa shape index (κ3) is 6.20. The highest BCUT2D eigenvalue weighted by atomic mass is 19.1. The molecule has 3 aromatic carbocycles. The lowest BCUT2D eigenvalue weighted by Crippen LogP contribution is -2.51. The van der Waals surface area contributed by atoms with E-state index < -0.39 is 23.3 Å². The molecule has 0 fully saturated rings. The minimum Gasteiger partial charge on any atom is -0.349 e. The van der Waals surface area contributed by atoms with Gasteiger partial charge < -0.3 is 10.2 Å². The molecule has 37 heavy (non-hydrogen) atoms. The van der Waals surface area contributed by atoms with Crippen LogP contribution in [0.5, 0.6) is 0 Å². The molecule has 1 unspecified atom stereocenters. The summed E-state index contributed by atoms with van der Waals surface area (Å²) in [7, 11) is 0. The van der Waals surface area contributed by atoms with Crippen molar-refractivity contribution in [3.63, 3.8) is 0 Å². The zero-order valence-electron chi connectivity index (χ0n) is 21.4. The van der Waals surface area contributed by atoms with Gasteiger partial charge in [0.25, 0.3) is 0 Å². The zero-order valence-corrected chi connectivity index (χ0v) is 21.4. The van der Waals surface area contributed by atoms with Crippen molar-refractivity contribution in [2.75, 3.05) is 6.54 Å². The molecule has 0 saturated heterocycles. The molecule has 0 aliphatic heterocycles. The second-order valence-electron chi connectivity index (χ2n) is 9.71. The van der Waals surface area contributed by atoms with Crippen LogP contribution in [0, 0.1) is 5.82 Å². The monoisotopic (exact) mass is 501 g/mol. The smallest absolute Gasteiger partial charge is 0.247 e. The molecule has 0 aliphatic rings. The summed E-state index contributed by atoms with van der Waals surface area (Å²) in [6.45, 7) is 5.85. The van der Waals surface area contributed by atoms with Crippen LogP contribution in [0.3, 0.4) is 0 Å². The lowest BCUT2D eigenvalue weighted by Gasteiger charge is -2.34. The summed E-state index contributed by atoms with van der Waals surface area (Å²) < 4.78 is 16.7. The molecule has 0 spiro atoms. The maximum Gasteiger partial charge on any atom is 0.247 e. The van der Waals surface area contributed by atoms with Crippen molar-refractivity contribution in [1.29, 1.82) is 0 Å². The lowest BCUT2D eigenvalue weighted by atomic mass is 9.98. The van der Waals surface area contributed by atoms with E-state index in [0.717, 1.165) is 5.56 Å². The molecule has 1 aromatic heterocycles. The van der Waals surface area contributed by atoms with Gasteiger partial charge in [-0.15, -0.1) is 5.10 Å². The van der Waals surface area contributed by atoms with Crippen LogP contribution in [0.15, 0.2) is 78.9 Å². The second-order valence-corrected chi connectivity index (χ2v) is 9.71. The van der Waals surface area contributed by atoms with Crippen LogP contribution >= 0.6 is 0 Å². The third-order valence-electron chi connectivity index (χ3n) is 6.62. The first-order valence-electron chi connectivity index (χ1n) is 12.5. The number of halogens is 1. The Morgan fingerprint density at radius 2 is 1.68 bits per heavy atom. The SMILES string of the molecule is CCC(C)(C)NC(=O)C(c1ccccc1F)N(CCc1ccccc1)C(=O)Cn1nnc2ccccc21. The molecular formula is C29H32FN5O2. The number of benzene rings is 3. The molecule has 2 amide bonds. The van der Waals surface area contributed by atoms with Crippen molar-refractivity contribution >= 4 is 22.8 Å². The van der Waals surface area contributed by atoms with Gasteiger partial charge in [-0.2, -0.15) is 0 Å². The van der Waals surface area contributed by atoms with Crippen LogP contribution in [0.4, 0.5) is 4.39 Å². The molecule has 192 valence electrons. The van der Waals surface area contributed by atoms with E-state index in [1.54, 1.807) is 18.2 Å². The number of nitrogens with one attached hydrogen (secondary N) is 1. The predicted molar refractivity (Wildman–Crippen MR) is 141 cm³/mol. The maximum atomic E-state index is 15.1. The van der Waals surface area contributed by atoms with Crippen molar-refractivity contribution in [1.82, 2.24) is 25.2 Å². The van der Waals surface area contributed by atoms with Crippen LogP contribution in [-0.4, -0.2) is 43.8 Å². The minimum atomic E-state index is -1.15. The van der Waals surface area contributed by atoms with Crippen LogP contribution in [0.2, 0.25) is 0 Å². The fraction of sp³-hybridized carbons (Fsp3) is 0.310. The number of nitrogens with zero attached hydrogens (tertiary/aromatic N) is 4. The Kier molecular flexibility index (Phi) is 7.96. The summed E-state index contributed by atoms with van der Waals surface area (Å²) in [6.07, 6.45) is 1.17. The first kappa shape index (κ1) is 26.0. The van der Waals surface area contributed by atoms with Gasteiger partial charge in [0.15, 0.2) is 0 Å². The Balaban J connectivity index is 1.73. The normalized spacial score (nSPS) is 12.3. The van der Waals surface area contributed by atoms with Gasteiger partial charge in [0.05, 0.1) is 5.52 Å². The standard InChI is InChI=1S/C29H32FN5O2/c1-4-29(2,3)31-28(37)27(22-14-8-9-15-23(22)30)34(19-18-21-12-6-5-7-13-21)26(36)20-35-25-17-11-10-16-24(25)32-33-35/h5-17,27H,4,18-20H2,1-3H3,(H,31,37).